The number of carbonyl (C=O) groups is 1. The third-order valence-corrected chi connectivity index (χ3v) is 4.20. The van der Waals surface area contributed by atoms with E-state index in [0.717, 1.165) is 38.8 Å². The van der Waals surface area contributed by atoms with Gasteiger partial charge in [0.2, 0.25) is 5.91 Å². The third kappa shape index (κ3) is 6.38. The fraction of sp³-hybridized carbons (Fsp3) is 0.917. The van der Waals surface area contributed by atoms with Crippen LogP contribution < -0.4 is 11.1 Å². The van der Waals surface area contributed by atoms with Crippen molar-refractivity contribution in [3.63, 3.8) is 0 Å². The van der Waals surface area contributed by atoms with E-state index in [2.05, 4.69) is 5.32 Å². The first-order valence-electron chi connectivity index (χ1n) is 6.37. The van der Waals surface area contributed by atoms with Crippen molar-refractivity contribution in [2.75, 3.05) is 24.6 Å². The first-order chi connectivity index (χ1) is 7.83. The quantitative estimate of drug-likeness (QED) is 0.640. The fourth-order valence-electron chi connectivity index (χ4n) is 1.87. The van der Waals surface area contributed by atoms with Crippen LogP contribution >= 0.6 is 11.8 Å². The molecule has 1 saturated heterocycles. The first-order valence-corrected chi connectivity index (χ1v) is 7.53. The number of hydrogen-bond acceptors (Lipinski definition) is 3. The molecule has 0 aromatic carbocycles. The monoisotopic (exact) mass is 244 g/mol. The maximum Gasteiger partial charge on any atom is 0.220 e. The summed E-state index contributed by atoms with van der Waals surface area (Å²) < 4.78 is 0. The van der Waals surface area contributed by atoms with E-state index in [1.54, 1.807) is 0 Å². The average Bonchev–Trinajstić information content (AvgIpc) is 2.79. The van der Waals surface area contributed by atoms with Crippen molar-refractivity contribution < 1.29 is 4.79 Å². The largest absolute Gasteiger partial charge is 0.356 e. The molecule has 1 heterocycles. The van der Waals surface area contributed by atoms with Crippen molar-refractivity contribution in [3.05, 3.63) is 0 Å². The van der Waals surface area contributed by atoms with E-state index in [1.807, 2.05) is 11.8 Å². The highest BCUT2D eigenvalue weighted by Crippen LogP contribution is 2.22. The zero-order valence-corrected chi connectivity index (χ0v) is 10.9. The number of rotatable bonds is 8. The Morgan fingerprint density at radius 2 is 2.12 bits per heavy atom. The van der Waals surface area contributed by atoms with Crippen LogP contribution in [0.25, 0.3) is 0 Å². The number of amides is 1. The number of nitrogens with one attached hydrogen (secondary N) is 1. The van der Waals surface area contributed by atoms with Gasteiger partial charge < -0.3 is 11.1 Å². The Morgan fingerprint density at radius 1 is 1.31 bits per heavy atom. The van der Waals surface area contributed by atoms with Crippen LogP contribution in [0.15, 0.2) is 0 Å². The molecule has 1 amide bonds. The van der Waals surface area contributed by atoms with Gasteiger partial charge in [-0.2, -0.15) is 11.8 Å². The normalized spacial score (nSPS) is 19.9. The Morgan fingerprint density at radius 3 is 2.81 bits per heavy atom. The summed E-state index contributed by atoms with van der Waals surface area (Å²) in [5.41, 5.74) is 5.41. The SMILES string of the molecule is NCCCCCCC(=O)NCC1CCSC1. The summed E-state index contributed by atoms with van der Waals surface area (Å²) in [4.78, 5) is 11.5. The topological polar surface area (TPSA) is 55.1 Å². The molecule has 1 unspecified atom stereocenters. The van der Waals surface area contributed by atoms with Gasteiger partial charge in [0.25, 0.3) is 0 Å². The van der Waals surface area contributed by atoms with Crippen molar-refractivity contribution in [2.24, 2.45) is 11.7 Å². The lowest BCUT2D eigenvalue weighted by Gasteiger charge is -2.09. The Bertz CT molecular complexity index is 193. The highest BCUT2D eigenvalue weighted by Gasteiger charge is 2.15. The van der Waals surface area contributed by atoms with Crippen LogP contribution in [-0.2, 0) is 4.79 Å². The highest BCUT2D eigenvalue weighted by atomic mass is 32.2. The van der Waals surface area contributed by atoms with Crippen LogP contribution in [0.3, 0.4) is 0 Å². The van der Waals surface area contributed by atoms with Crippen LogP contribution in [0.2, 0.25) is 0 Å². The number of nitrogens with two attached hydrogens (primary N) is 1. The van der Waals surface area contributed by atoms with Crippen molar-refractivity contribution in [2.45, 2.75) is 38.5 Å². The number of carbonyl (C=O) groups excluding carboxylic acids is 1. The maximum absolute atomic E-state index is 11.5. The van der Waals surface area contributed by atoms with Crippen molar-refractivity contribution in [1.29, 1.82) is 0 Å². The van der Waals surface area contributed by atoms with E-state index in [4.69, 9.17) is 5.73 Å². The summed E-state index contributed by atoms with van der Waals surface area (Å²) in [6.07, 6.45) is 6.32. The Balaban J connectivity index is 1.90. The second-order valence-electron chi connectivity index (χ2n) is 4.49. The molecular formula is C12H24N2OS. The minimum absolute atomic E-state index is 0.227. The molecule has 0 bridgehead atoms. The molecule has 0 aromatic heterocycles. The van der Waals surface area contributed by atoms with Gasteiger partial charge in [0, 0.05) is 13.0 Å². The smallest absolute Gasteiger partial charge is 0.220 e. The molecule has 3 nitrogen and oxygen atoms in total. The summed E-state index contributed by atoms with van der Waals surface area (Å²) >= 11 is 2.00. The van der Waals surface area contributed by atoms with Gasteiger partial charge in [-0.25, -0.2) is 0 Å². The van der Waals surface area contributed by atoms with Gasteiger partial charge in [0.1, 0.15) is 0 Å². The van der Waals surface area contributed by atoms with Gasteiger partial charge in [-0.3, -0.25) is 4.79 Å². The van der Waals surface area contributed by atoms with Gasteiger partial charge in [-0.15, -0.1) is 0 Å². The minimum Gasteiger partial charge on any atom is -0.356 e. The van der Waals surface area contributed by atoms with Crippen LogP contribution in [0.4, 0.5) is 0 Å². The van der Waals surface area contributed by atoms with Crippen LogP contribution in [0.1, 0.15) is 38.5 Å². The molecule has 1 rings (SSSR count). The summed E-state index contributed by atoms with van der Waals surface area (Å²) in [5, 5.41) is 3.04. The molecule has 0 radical (unpaired) electrons. The number of unbranched alkanes of at least 4 members (excludes halogenated alkanes) is 3. The van der Waals surface area contributed by atoms with Crippen molar-refractivity contribution >= 4 is 17.7 Å². The highest BCUT2D eigenvalue weighted by molar-refractivity contribution is 7.99. The minimum atomic E-state index is 0.227. The summed E-state index contributed by atoms with van der Waals surface area (Å²) in [6, 6.07) is 0. The molecular weight excluding hydrogens is 220 g/mol. The summed E-state index contributed by atoms with van der Waals surface area (Å²) in [5.74, 6) is 3.42. The Kier molecular flexibility index (Phi) is 7.68. The lowest BCUT2D eigenvalue weighted by molar-refractivity contribution is -0.121. The van der Waals surface area contributed by atoms with E-state index in [1.165, 1.54) is 17.9 Å². The predicted octanol–water partition coefficient (Wildman–Crippen LogP) is 1.76. The molecule has 1 atom stereocenters. The summed E-state index contributed by atoms with van der Waals surface area (Å²) in [6.45, 7) is 1.65. The number of thioether (sulfide) groups is 1. The van der Waals surface area contributed by atoms with Crippen molar-refractivity contribution in [3.8, 4) is 0 Å². The molecule has 16 heavy (non-hydrogen) atoms. The lowest BCUT2D eigenvalue weighted by atomic mass is 10.1. The molecule has 94 valence electrons. The van der Waals surface area contributed by atoms with E-state index in [0.29, 0.717) is 12.3 Å². The second kappa shape index (κ2) is 8.88. The van der Waals surface area contributed by atoms with Crippen LogP contribution in [0, 0.1) is 5.92 Å². The first kappa shape index (κ1) is 13.8. The zero-order chi connectivity index (χ0) is 11.6. The number of hydrogen-bond donors (Lipinski definition) is 2. The predicted molar refractivity (Wildman–Crippen MR) is 70.6 cm³/mol. The van der Waals surface area contributed by atoms with Crippen molar-refractivity contribution in [1.82, 2.24) is 5.32 Å². The van der Waals surface area contributed by atoms with E-state index >= 15 is 0 Å². The molecule has 4 heteroatoms. The Labute approximate surface area is 103 Å². The van der Waals surface area contributed by atoms with Crippen LogP contribution in [0.5, 0.6) is 0 Å². The standard InChI is InChI=1S/C12H24N2OS/c13-7-4-2-1-3-5-12(15)14-9-11-6-8-16-10-11/h11H,1-10,13H2,(H,14,15). The third-order valence-electron chi connectivity index (χ3n) is 2.97. The Hall–Kier alpha value is -0.220. The lowest BCUT2D eigenvalue weighted by Crippen LogP contribution is -2.28. The molecule has 1 aliphatic rings. The molecule has 0 aromatic rings. The van der Waals surface area contributed by atoms with Gasteiger partial charge in [-0.05, 0) is 43.2 Å². The maximum atomic E-state index is 11.5. The second-order valence-corrected chi connectivity index (χ2v) is 5.64. The average molecular weight is 244 g/mol. The van der Waals surface area contributed by atoms with Gasteiger partial charge in [0.15, 0.2) is 0 Å². The van der Waals surface area contributed by atoms with E-state index in [9.17, 15) is 4.79 Å². The molecule has 0 saturated carbocycles. The molecule has 0 spiro atoms. The van der Waals surface area contributed by atoms with E-state index < -0.39 is 0 Å². The van der Waals surface area contributed by atoms with Gasteiger partial charge in [-0.1, -0.05) is 12.8 Å². The summed E-state index contributed by atoms with van der Waals surface area (Å²) in [7, 11) is 0. The van der Waals surface area contributed by atoms with Gasteiger partial charge >= 0.3 is 0 Å². The molecule has 1 aliphatic heterocycles. The fourth-order valence-corrected chi connectivity index (χ4v) is 3.16. The molecule has 0 aliphatic carbocycles. The van der Waals surface area contributed by atoms with E-state index in [-0.39, 0.29) is 5.91 Å². The molecule has 3 N–H and O–H groups in total. The zero-order valence-electron chi connectivity index (χ0n) is 10.0. The van der Waals surface area contributed by atoms with Crippen LogP contribution in [-0.4, -0.2) is 30.5 Å². The van der Waals surface area contributed by atoms with Gasteiger partial charge in [0.05, 0.1) is 0 Å². The molecule has 1 fully saturated rings.